The quantitative estimate of drug-likeness (QED) is 0.631. The van der Waals surface area contributed by atoms with Gasteiger partial charge in [0.1, 0.15) is 6.29 Å². The van der Waals surface area contributed by atoms with E-state index in [9.17, 15) is 14.4 Å². The van der Waals surface area contributed by atoms with Crippen molar-refractivity contribution in [2.24, 2.45) is 11.8 Å². The number of ether oxygens (including phenoxy) is 1. The number of hydrogen-bond donors (Lipinski definition) is 0. The third kappa shape index (κ3) is 4.16. The Balaban J connectivity index is 1.87. The van der Waals surface area contributed by atoms with Gasteiger partial charge in [-0.15, -0.1) is 0 Å². The third-order valence-electron chi connectivity index (χ3n) is 3.83. The van der Waals surface area contributed by atoms with Crippen LogP contribution in [0.3, 0.4) is 0 Å². The van der Waals surface area contributed by atoms with Gasteiger partial charge in [0, 0.05) is 18.7 Å². The number of benzene rings is 1. The number of carbonyl (C=O) groups is 3. The average Bonchev–Trinajstić information content (AvgIpc) is 2.51. The summed E-state index contributed by atoms with van der Waals surface area (Å²) in [5.74, 6) is 0.235. The molecule has 1 heterocycles. The Kier molecular flexibility index (Phi) is 5.31. The van der Waals surface area contributed by atoms with E-state index in [1.165, 1.54) is 12.1 Å². The van der Waals surface area contributed by atoms with E-state index in [4.69, 9.17) is 4.74 Å². The first kappa shape index (κ1) is 16.2. The molecule has 1 fully saturated rings. The normalized spacial score (nSPS) is 21.3. The lowest BCUT2D eigenvalue weighted by molar-refractivity contribution is -0.137. The van der Waals surface area contributed by atoms with Crippen molar-refractivity contribution in [3.8, 4) is 0 Å². The number of carbonyl (C=O) groups excluding carboxylic acids is 3. The van der Waals surface area contributed by atoms with Crippen LogP contribution in [0.25, 0.3) is 0 Å². The first-order valence-corrected chi connectivity index (χ1v) is 7.49. The van der Waals surface area contributed by atoms with Crippen LogP contribution in [-0.2, 0) is 9.53 Å². The van der Waals surface area contributed by atoms with Gasteiger partial charge in [-0.2, -0.15) is 0 Å². The third-order valence-corrected chi connectivity index (χ3v) is 3.83. The molecule has 5 nitrogen and oxygen atoms in total. The van der Waals surface area contributed by atoms with Gasteiger partial charge in [-0.05, 0) is 30.4 Å². The van der Waals surface area contributed by atoms with Crippen molar-refractivity contribution in [2.45, 2.75) is 20.3 Å². The fourth-order valence-corrected chi connectivity index (χ4v) is 2.87. The molecule has 0 bridgehead atoms. The minimum absolute atomic E-state index is 0.156. The Bertz CT molecular complexity index is 542. The van der Waals surface area contributed by atoms with E-state index < -0.39 is 5.97 Å². The lowest BCUT2D eigenvalue weighted by atomic mass is 9.92. The molecule has 5 heteroatoms. The highest BCUT2D eigenvalue weighted by molar-refractivity contribution is 5.92. The molecule has 0 aromatic heterocycles. The summed E-state index contributed by atoms with van der Waals surface area (Å²) < 4.78 is 5.07. The lowest BCUT2D eigenvalue weighted by Gasteiger charge is -2.34. The van der Waals surface area contributed by atoms with E-state index in [0.717, 1.165) is 19.5 Å². The molecule has 2 atom stereocenters. The van der Waals surface area contributed by atoms with E-state index in [-0.39, 0.29) is 12.5 Å². The molecule has 0 saturated carbocycles. The minimum atomic E-state index is -0.552. The van der Waals surface area contributed by atoms with Crippen LogP contribution in [0.5, 0.6) is 0 Å². The molecular formula is C17H21NO4. The summed E-state index contributed by atoms with van der Waals surface area (Å²) in [5.41, 5.74) is 0.822. The van der Waals surface area contributed by atoms with Crippen molar-refractivity contribution >= 4 is 18.2 Å². The fourth-order valence-electron chi connectivity index (χ4n) is 2.87. The Morgan fingerprint density at radius 1 is 1.18 bits per heavy atom. The Morgan fingerprint density at radius 2 is 1.77 bits per heavy atom. The number of hydrogen-bond acceptors (Lipinski definition) is 4. The number of amides is 1. The molecule has 2 rings (SSSR count). The monoisotopic (exact) mass is 303 g/mol. The van der Waals surface area contributed by atoms with Crippen LogP contribution in [0.15, 0.2) is 24.3 Å². The number of likely N-dealkylation sites (tertiary alicyclic amines) is 1. The molecule has 0 unspecified atom stereocenters. The zero-order valence-corrected chi connectivity index (χ0v) is 13.0. The van der Waals surface area contributed by atoms with Gasteiger partial charge in [0.05, 0.1) is 5.56 Å². The van der Waals surface area contributed by atoms with Crippen LogP contribution in [0.4, 0.5) is 0 Å². The molecule has 1 aromatic rings. The maximum Gasteiger partial charge on any atom is 0.338 e. The highest BCUT2D eigenvalue weighted by Crippen LogP contribution is 2.20. The first-order valence-electron chi connectivity index (χ1n) is 7.49. The van der Waals surface area contributed by atoms with Crippen LogP contribution in [0.1, 0.15) is 41.0 Å². The average molecular weight is 303 g/mol. The van der Waals surface area contributed by atoms with Gasteiger partial charge in [0.2, 0.25) is 0 Å². The van der Waals surface area contributed by atoms with E-state index in [1.54, 1.807) is 17.0 Å². The van der Waals surface area contributed by atoms with Crippen molar-refractivity contribution in [1.82, 2.24) is 4.90 Å². The second-order valence-electron chi connectivity index (χ2n) is 6.06. The molecular weight excluding hydrogens is 282 g/mol. The van der Waals surface area contributed by atoms with Crippen LogP contribution in [0, 0.1) is 11.8 Å². The summed E-state index contributed by atoms with van der Waals surface area (Å²) in [6.07, 6.45) is 1.82. The van der Waals surface area contributed by atoms with E-state index >= 15 is 0 Å². The summed E-state index contributed by atoms with van der Waals surface area (Å²) in [6, 6.07) is 6.11. The van der Waals surface area contributed by atoms with Gasteiger partial charge < -0.3 is 9.64 Å². The largest absolute Gasteiger partial charge is 0.452 e. The Labute approximate surface area is 130 Å². The van der Waals surface area contributed by atoms with Gasteiger partial charge in [-0.1, -0.05) is 26.0 Å². The van der Waals surface area contributed by atoms with E-state index in [1.807, 2.05) is 0 Å². The molecule has 1 aromatic carbocycles. The zero-order valence-electron chi connectivity index (χ0n) is 13.0. The van der Waals surface area contributed by atoms with E-state index in [2.05, 4.69) is 13.8 Å². The SMILES string of the molecule is C[C@@H]1C[C@@H](C)CN(C(=O)COC(=O)c2ccc(C=O)cc2)C1. The number of aldehydes is 1. The molecule has 0 spiro atoms. The minimum Gasteiger partial charge on any atom is -0.452 e. The van der Waals surface area contributed by atoms with E-state index in [0.29, 0.717) is 29.2 Å². The standard InChI is InChI=1S/C17H21NO4/c1-12-7-13(2)9-18(8-12)16(20)11-22-17(21)15-5-3-14(10-19)4-6-15/h3-6,10,12-13H,7-9,11H2,1-2H3/t12-,13-/m1/s1. The van der Waals surface area contributed by atoms with Gasteiger partial charge in [0.15, 0.2) is 6.61 Å². The summed E-state index contributed by atoms with van der Waals surface area (Å²) >= 11 is 0. The van der Waals surface area contributed by atoms with Gasteiger partial charge >= 0.3 is 5.97 Å². The molecule has 0 aliphatic carbocycles. The number of nitrogens with zero attached hydrogens (tertiary/aromatic N) is 1. The Morgan fingerprint density at radius 3 is 2.32 bits per heavy atom. The fraction of sp³-hybridized carbons (Fsp3) is 0.471. The number of piperidine rings is 1. The summed E-state index contributed by atoms with van der Waals surface area (Å²) in [4.78, 5) is 36.3. The zero-order chi connectivity index (χ0) is 16.1. The first-order chi connectivity index (χ1) is 10.5. The lowest BCUT2D eigenvalue weighted by Crippen LogP contribution is -2.44. The van der Waals surface area contributed by atoms with Crippen molar-refractivity contribution < 1.29 is 19.1 Å². The summed E-state index contributed by atoms with van der Waals surface area (Å²) in [5, 5.41) is 0. The smallest absolute Gasteiger partial charge is 0.338 e. The van der Waals surface area contributed by atoms with Crippen LogP contribution in [0.2, 0.25) is 0 Å². The van der Waals surface area contributed by atoms with Crippen molar-refractivity contribution in [2.75, 3.05) is 19.7 Å². The maximum absolute atomic E-state index is 12.1. The molecule has 1 amide bonds. The second kappa shape index (κ2) is 7.20. The number of rotatable bonds is 4. The Hall–Kier alpha value is -2.17. The topological polar surface area (TPSA) is 63.7 Å². The van der Waals surface area contributed by atoms with Crippen LogP contribution >= 0.6 is 0 Å². The predicted molar refractivity (Wildman–Crippen MR) is 81.6 cm³/mol. The highest BCUT2D eigenvalue weighted by atomic mass is 16.5. The molecule has 1 aliphatic heterocycles. The van der Waals surface area contributed by atoms with Crippen molar-refractivity contribution in [3.63, 3.8) is 0 Å². The summed E-state index contributed by atoms with van der Waals surface area (Å²) in [6.45, 7) is 5.43. The van der Waals surface area contributed by atoms with Gasteiger partial charge in [-0.25, -0.2) is 4.79 Å². The van der Waals surface area contributed by atoms with Gasteiger partial charge in [0.25, 0.3) is 5.91 Å². The maximum atomic E-state index is 12.1. The van der Waals surface area contributed by atoms with Crippen LogP contribution < -0.4 is 0 Å². The van der Waals surface area contributed by atoms with Crippen molar-refractivity contribution in [3.05, 3.63) is 35.4 Å². The second-order valence-corrected chi connectivity index (χ2v) is 6.06. The number of esters is 1. The van der Waals surface area contributed by atoms with Crippen molar-refractivity contribution in [1.29, 1.82) is 0 Å². The molecule has 118 valence electrons. The molecule has 1 aliphatic rings. The summed E-state index contributed by atoms with van der Waals surface area (Å²) in [7, 11) is 0. The molecule has 0 radical (unpaired) electrons. The molecule has 1 saturated heterocycles. The highest BCUT2D eigenvalue weighted by Gasteiger charge is 2.26. The molecule has 0 N–H and O–H groups in total. The molecule has 22 heavy (non-hydrogen) atoms. The van der Waals surface area contributed by atoms with Crippen LogP contribution in [-0.4, -0.2) is 42.8 Å². The predicted octanol–water partition coefficient (Wildman–Crippen LogP) is 2.16. The van der Waals surface area contributed by atoms with Gasteiger partial charge in [-0.3, -0.25) is 9.59 Å².